The van der Waals surface area contributed by atoms with Gasteiger partial charge in [0, 0.05) is 27.3 Å². The van der Waals surface area contributed by atoms with Crippen LogP contribution < -0.4 is 0 Å². The van der Waals surface area contributed by atoms with E-state index in [0.29, 0.717) is 6.54 Å². The molecular formula is C12H18FNO2. The molecule has 0 saturated carbocycles. The van der Waals surface area contributed by atoms with Gasteiger partial charge in [-0.1, -0.05) is 12.1 Å². The number of likely N-dealkylation sites (N-methyl/N-ethyl adjacent to an activating group) is 1. The molecule has 0 aliphatic carbocycles. The Labute approximate surface area is 95.8 Å². The average Bonchev–Trinajstić information content (AvgIpc) is 2.29. The number of nitrogens with zero attached hydrogens (tertiary/aromatic N) is 1. The maximum Gasteiger partial charge on any atom is 0.169 e. The molecular weight excluding hydrogens is 209 g/mol. The standard InChI is InChI=1S/C12H18FNO2/c1-14(9-12(15-2)16-3)8-10-4-6-11(13)7-5-10/h4-7,12H,8-9H2,1-3H3. The summed E-state index contributed by atoms with van der Waals surface area (Å²) in [6, 6.07) is 6.49. The number of benzene rings is 1. The van der Waals surface area contributed by atoms with Gasteiger partial charge in [0.2, 0.25) is 0 Å². The van der Waals surface area contributed by atoms with Crippen LogP contribution in [0.1, 0.15) is 5.56 Å². The molecule has 90 valence electrons. The van der Waals surface area contributed by atoms with Crippen molar-refractivity contribution in [2.75, 3.05) is 27.8 Å². The van der Waals surface area contributed by atoms with Crippen molar-refractivity contribution in [1.82, 2.24) is 4.90 Å². The van der Waals surface area contributed by atoms with E-state index in [1.165, 1.54) is 12.1 Å². The van der Waals surface area contributed by atoms with Gasteiger partial charge in [-0.3, -0.25) is 4.90 Å². The summed E-state index contributed by atoms with van der Waals surface area (Å²) in [7, 11) is 5.19. The molecule has 0 fully saturated rings. The van der Waals surface area contributed by atoms with Gasteiger partial charge >= 0.3 is 0 Å². The molecule has 0 saturated heterocycles. The minimum atomic E-state index is -0.231. The van der Waals surface area contributed by atoms with E-state index in [0.717, 1.165) is 12.1 Å². The first-order valence-corrected chi connectivity index (χ1v) is 5.14. The van der Waals surface area contributed by atoms with Crippen LogP contribution in [-0.4, -0.2) is 39.0 Å². The van der Waals surface area contributed by atoms with Crippen LogP contribution in [0.3, 0.4) is 0 Å². The van der Waals surface area contributed by atoms with Crippen LogP contribution >= 0.6 is 0 Å². The summed E-state index contributed by atoms with van der Waals surface area (Å²) >= 11 is 0. The molecule has 0 N–H and O–H groups in total. The Kier molecular flexibility index (Phi) is 5.38. The molecule has 0 unspecified atom stereocenters. The molecule has 0 radical (unpaired) electrons. The van der Waals surface area contributed by atoms with Crippen LogP contribution in [0.4, 0.5) is 4.39 Å². The maximum absolute atomic E-state index is 12.7. The molecule has 0 aliphatic heterocycles. The first kappa shape index (κ1) is 13.1. The van der Waals surface area contributed by atoms with E-state index in [2.05, 4.69) is 4.90 Å². The number of methoxy groups -OCH3 is 2. The Hall–Kier alpha value is -0.970. The Bertz CT molecular complexity index is 298. The highest BCUT2D eigenvalue weighted by Crippen LogP contribution is 2.06. The number of ether oxygens (including phenoxy) is 2. The summed E-state index contributed by atoms with van der Waals surface area (Å²) in [5.41, 5.74) is 1.06. The fourth-order valence-corrected chi connectivity index (χ4v) is 1.47. The molecule has 0 atom stereocenters. The van der Waals surface area contributed by atoms with Gasteiger partial charge in [-0.05, 0) is 24.7 Å². The SMILES string of the molecule is COC(CN(C)Cc1ccc(F)cc1)OC. The average molecular weight is 227 g/mol. The first-order chi connectivity index (χ1) is 7.65. The number of hydrogen-bond donors (Lipinski definition) is 0. The zero-order valence-corrected chi connectivity index (χ0v) is 9.94. The molecule has 3 nitrogen and oxygen atoms in total. The highest BCUT2D eigenvalue weighted by molar-refractivity contribution is 5.15. The van der Waals surface area contributed by atoms with E-state index in [1.54, 1.807) is 26.4 Å². The molecule has 0 aliphatic rings. The van der Waals surface area contributed by atoms with Gasteiger partial charge in [0.25, 0.3) is 0 Å². The van der Waals surface area contributed by atoms with Crippen molar-refractivity contribution >= 4 is 0 Å². The summed E-state index contributed by atoms with van der Waals surface area (Å²) in [6.45, 7) is 1.41. The molecule has 0 amide bonds. The van der Waals surface area contributed by atoms with Gasteiger partial charge < -0.3 is 9.47 Å². The summed E-state index contributed by atoms with van der Waals surface area (Å²) in [5.74, 6) is -0.210. The van der Waals surface area contributed by atoms with Crippen molar-refractivity contribution in [3.63, 3.8) is 0 Å². The lowest BCUT2D eigenvalue weighted by molar-refractivity contribution is -0.114. The van der Waals surface area contributed by atoms with Crippen LogP contribution in [-0.2, 0) is 16.0 Å². The van der Waals surface area contributed by atoms with Crippen LogP contribution in [0, 0.1) is 5.82 Å². The van der Waals surface area contributed by atoms with Crippen LogP contribution in [0.2, 0.25) is 0 Å². The molecule has 4 heteroatoms. The summed E-state index contributed by atoms with van der Waals surface area (Å²) in [4.78, 5) is 2.06. The van der Waals surface area contributed by atoms with E-state index in [9.17, 15) is 4.39 Å². The predicted molar refractivity (Wildman–Crippen MR) is 60.5 cm³/mol. The van der Waals surface area contributed by atoms with Gasteiger partial charge in [-0.2, -0.15) is 0 Å². The van der Waals surface area contributed by atoms with Gasteiger partial charge in [0.15, 0.2) is 6.29 Å². The third kappa shape index (κ3) is 4.26. The Balaban J connectivity index is 2.44. The molecule has 0 bridgehead atoms. The van der Waals surface area contributed by atoms with E-state index >= 15 is 0 Å². The van der Waals surface area contributed by atoms with E-state index in [1.807, 2.05) is 7.05 Å². The van der Waals surface area contributed by atoms with Crippen molar-refractivity contribution < 1.29 is 13.9 Å². The van der Waals surface area contributed by atoms with E-state index in [-0.39, 0.29) is 12.1 Å². The monoisotopic (exact) mass is 227 g/mol. The lowest BCUT2D eigenvalue weighted by atomic mass is 10.2. The zero-order chi connectivity index (χ0) is 12.0. The van der Waals surface area contributed by atoms with E-state index < -0.39 is 0 Å². The topological polar surface area (TPSA) is 21.7 Å². The van der Waals surface area contributed by atoms with E-state index in [4.69, 9.17) is 9.47 Å². The zero-order valence-electron chi connectivity index (χ0n) is 9.94. The van der Waals surface area contributed by atoms with Crippen molar-refractivity contribution in [2.24, 2.45) is 0 Å². The van der Waals surface area contributed by atoms with Crippen molar-refractivity contribution in [3.8, 4) is 0 Å². The molecule has 0 heterocycles. The summed E-state index contributed by atoms with van der Waals surface area (Å²) in [6.07, 6.45) is -0.231. The minimum Gasteiger partial charge on any atom is -0.355 e. The smallest absolute Gasteiger partial charge is 0.169 e. The molecule has 1 aromatic carbocycles. The first-order valence-electron chi connectivity index (χ1n) is 5.14. The minimum absolute atomic E-state index is 0.210. The second kappa shape index (κ2) is 6.58. The number of rotatable bonds is 6. The molecule has 0 spiro atoms. The molecule has 16 heavy (non-hydrogen) atoms. The van der Waals surface area contributed by atoms with Gasteiger partial charge in [0.05, 0.1) is 0 Å². The Morgan fingerprint density at radius 1 is 1.19 bits per heavy atom. The van der Waals surface area contributed by atoms with Crippen molar-refractivity contribution in [2.45, 2.75) is 12.8 Å². The predicted octanol–water partition coefficient (Wildman–Crippen LogP) is 1.88. The van der Waals surface area contributed by atoms with Crippen LogP contribution in [0.5, 0.6) is 0 Å². The number of hydrogen-bond acceptors (Lipinski definition) is 3. The quantitative estimate of drug-likeness (QED) is 0.693. The molecule has 1 aromatic rings. The van der Waals surface area contributed by atoms with Gasteiger partial charge in [-0.25, -0.2) is 4.39 Å². The summed E-state index contributed by atoms with van der Waals surface area (Å²) in [5, 5.41) is 0. The Morgan fingerprint density at radius 3 is 2.25 bits per heavy atom. The van der Waals surface area contributed by atoms with Crippen LogP contribution in [0.15, 0.2) is 24.3 Å². The maximum atomic E-state index is 12.7. The highest BCUT2D eigenvalue weighted by atomic mass is 19.1. The fourth-order valence-electron chi connectivity index (χ4n) is 1.47. The second-order valence-corrected chi connectivity index (χ2v) is 3.72. The number of halogens is 1. The second-order valence-electron chi connectivity index (χ2n) is 3.72. The third-order valence-electron chi connectivity index (χ3n) is 2.35. The molecule has 1 rings (SSSR count). The summed E-state index contributed by atoms with van der Waals surface area (Å²) < 4.78 is 22.9. The lowest BCUT2D eigenvalue weighted by Crippen LogP contribution is -2.31. The normalized spacial score (nSPS) is 11.4. The highest BCUT2D eigenvalue weighted by Gasteiger charge is 2.09. The van der Waals surface area contributed by atoms with Gasteiger partial charge in [-0.15, -0.1) is 0 Å². The van der Waals surface area contributed by atoms with Gasteiger partial charge in [0.1, 0.15) is 5.82 Å². The largest absolute Gasteiger partial charge is 0.355 e. The van der Waals surface area contributed by atoms with Crippen molar-refractivity contribution in [1.29, 1.82) is 0 Å². The fraction of sp³-hybridized carbons (Fsp3) is 0.500. The lowest BCUT2D eigenvalue weighted by Gasteiger charge is -2.21. The third-order valence-corrected chi connectivity index (χ3v) is 2.35. The van der Waals surface area contributed by atoms with Crippen molar-refractivity contribution in [3.05, 3.63) is 35.6 Å². The Morgan fingerprint density at radius 2 is 1.75 bits per heavy atom. The van der Waals surface area contributed by atoms with Crippen LogP contribution in [0.25, 0.3) is 0 Å². The molecule has 0 aromatic heterocycles.